The van der Waals surface area contributed by atoms with Gasteiger partial charge in [-0.05, 0) is 50.8 Å². The summed E-state index contributed by atoms with van der Waals surface area (Å²) in [6.45, 7) is 3.47. The van der Waals surface area contributed by atoms with E-state index in [9.17, 15) is 4.79 Å². The van der Waals surface area contributed by atoms with Crippen molar-refractivity contribution < 1.29 is 9.32 Å². The van der Waals surface area contributed by atoms with Crippen molar-refractivity contribution >= 4 is 16.9 Å². The second-order valence-corrected chi connectivity index (χ2v) is 7.76. The Bertz CT molecular complexity index is 973. The first kappa shape index (κ1) is 15.5. The summed E-state index contributed by atoms with van der Waals surface area (Å²) >= 11 is 0. The van der Waals surface area contributed by atoms with Crippen molar-refractivity contribution in [3.8, 4) is 0 Å². The highest BCUT2D eigenvalue weighted by atomic mass is 16.5. The number of nitrogens with one attached hydrogen (secondary N) is 1. The molecule has 7 nitrogen and oxygen atoms in total. The maximum Gasteiger partial charge on any atom is 0.253 e. The van der Waals surface area contributed by atoms with Crippen LogP contribution in [-0.2, 0) is 5.41 Å². The largest absolute Gasteiger partial charge is 0.345 e. The zero-order chi connectivity index (χ0) is 17.7. The van der Waals surface area contributed by atoms with Crippen LogP contribution in [0.25, 0.3) is 11.0 Å². The highest BCUT2D eigenvalue weighted by molar-refractivity contribution is 5.97. The molecule has 2 aliphatic rings. The van der Waals surface area contributed by atoms with Gasteiger partial charge < -0.3 is 14.4 Å². The lowest BCUT2D eigenvalue weighted by molar-refractivity contribution is 0.0620. The Kier molecular flexibility index (Phi) is 3.38. The zero-order valence-corrected chi connectivity index (χ0v) is 14.7. The fourth-order valence-electron chi connectivity index (χ4n) is 3.83. The van der Waals surface area contributed by atoms with Gasteiger partial charge in [-0.15, -0.1) is 0 Å². The van der Waals surface area contributed by atoms with Crippen LogP contribution in [0.5, 0.6) is 0 Å². The molecule has 1 aliphatic heterocycles. The molecule has 1 N–H and O–H groups in total. The summed E-state index contributed by atoms with van der Waals surface area (Å²) in [5.74, 6) is 2.00. The second kappa shape index (κ2) is 5.65. The van der Waals surface area contributed by atoms with E-state index in [0.717, 1.165) is 49.1 Å². The van der Waals surface area contributed by atoms with Crippen LogP contribution in [0.15, 0.2) is 29.0 Å². The minimum absolute atomic E-state index is 0.0364. The molecule has 1 saturated carbocycles. The molecule has 7 heteroatoms. The van der Waals surface area contributed by atoms with Crippen molar-refractivity contribution in [3.05, 3.63) is 41.8 Å². The Morgan fingerprint density at radius 1 is 1.38 bits per heavy atom. The average Bonchev–Trinajstić information content (AvgIpc) is 3.19. The smallest absolute Gasteiger partial charge is 0.253 e. The van der Waals surface area contributed by atoms with Crippen LogP contribution < -0.4 is 0 Å². The van der Waals surface area contributed by atoms with Crippen molar-refractivity contribution in [3.63, 3.8) is 0 Å². The number of fused-ring (bicyclic) bond motifs is 1. The van der Waals surface area contributed by atoms with Crippen LogP contribution >= 0.6 is 0 Å². The van der Waals surface area contributed by atoms with Crippen LogP contribution in [0.3, 0.4) is 0 Å². The molecule has 2 aromatic heterocycles. The lowest BCUT2D eigenvalue weighted by Gasteiger charge is -2.38. The first-order valence-electron chi connectivity index (χ1n) is 9.19. The molecule has 0 radical (unpaired) electrons. The fraction of sp³-hybridized carbons (Fsp3) is 0.474. The topological polar surface area (TPSA) is 87.9 Å². The van der Waals surface area contributed by atoms with E-state index in [1.807, 2.05) is 23.1 Å². The van der Waals surface area contributed by atoms with Gasteiger partial charge in [0.25, 0.3) is 5.91 Å². The van der Waals surface area contributed by atoms with E-state index < -0.39 is 0 Å². The molecule has 0 bridgehead atoms. The van der Waals surface area contributed by atoms with Crippen LogP contribution in [0, 0.1) is 0 Å². The van der Waals surface area contributed by atoms with E-state index in [0.29, 0.717) is 23.9 Å². The zero-order valence-electron chi connectivity index (χ0n) is 14.7. The Morgan fingerprint density at radius 3 is 3.12 bits per heavy atom. The van der Waals surface area contributed by atoms with Crippen molar-refractivity contribution in [2.75, 3.05) is 13.1 Å². The number of amides is 1. The number of carbonyl (C=O) groups excluding carboxylic acids is 1. The summed E-state index contributed by atoms with van der Waals surface area (Å²) in [5, 5.41) is 4.15. The van der Waals surface area contributed by atoms with Crippen molar-refractivity contribution in [2.24, 2.45) is 0 Å². The third-order valence-corrected chi connectivity index (χ3v) is 5.55. The molecular weight excluding hydrogens is 330 g/mol. The van der Waals surface area contributed by atoms with Crippen LogP contribution in [0.4, 0.5) is 0 Å². The molecule has 1 saturated heterocycles. The number of rotatable bonds is 3. The van der Waals surface area contributed by atoms with Gasteiger partial charge in [0, 0.05) is 24.6 Å². The molecule has 134 valence electrons. The molecule has 5 rings (SSSR count). The van der Waals surface area contributed by atoms with Gasteiger partial charge in [0.05, 0.1) is 22.8 Å². The minimum atomic E-state index is -0.286. The number of aromatic amines is 1. The van der Waals surface area contributed by atoms with Gasteiger partial charge in [-0.2, -0.15) is 4.98 Å². The quantitative estimate of drug-likeness (QED) is 0.784. The maximum atomic E-state index is 13.0. The molecule has 1 amide bonds. The monoisotopic (exact) mass is 351 g/mol. The number of aromatic nitrogens is 4. The van der Waals surface area contributed by atoms with Gasteiger partial charge in [-0.3, -0.25) is 4.79 Å². The summed E-state index contributed by atoms with van der Waals surface area (Å²) in [6.07, 6.45) is 5.81. The predicted octanol–water partition coefficient (Wildman–Crippen LogP) is 3.02. The second-order valence-electron chi connectivity index (χ2n) is 7.76. The average molecular weight is 351 g/mol. The van der Waals surface area contributed by atoms with Gasteiger partial charge in [0.2, 0.25) is 5.89 Å². The standard InChI is InChI=1S/C19H21N5O2/c1-19(18-22-16(23-26-18)12-3-4-12)7-2-8-24(10-19)17(25)13-5-6-14-15(9-13)21-11-20-14/h5-6,9,11-12H,2-4,7-8,10H2,1H3,(H,20,21). The number of nitrogens with zero attached hydrogens (tertiary/aromatic N) is 4. The van der Waals surface area contributed by atoms with Crippen molar-refractivity contribution in [1.29, 1.82) is 0 Å². The first-order valence-corrected chi connectivity index (χ1v) is 9.19. The summed E-state index contributed by atoms with van der Waals surface area (Å²) in [6, 6.07) is 5.59. The van der Waals surface area contributed by atoms with Gasteiger partial charge in [0.15, 0.2) is 5.82 Å². The highest BCUT2D eigenvalue weighted by Gasteiger charge is 2.40. The SMILES string of the molecule is CC1(c2nc(C3CC3)no2)CCCN(C(=O)c2ccc3nc[nH]c3c2)C1. The first-order chi connectivity index (χ1) is 12.6. The van der Waals surface area contributed by atoms with Gasteiger partial charge >= 0.3 is 0 Å². The Labute approximate surface area is 150 Å². The van der Waals surface area contributed by atoms with Gasteiger partial charge in [-0.25, -0.2) is 4.98 Å². The molecule has 3 aromatic rings. The Hall–Kier alpha value is -2.70. The number of carbonyl (C=O) groups is 1. The Morgan fingerprint density at radius 2 is 2.27 bits per heavy atom. The van der Waals surface area contributed by atoms with Crippen molar-refractivity contribution in [2.45, 2.75) is 43.9 Å². The van der Waals surface area contributed by atoms with E-state index in [2.05, 4.69) is 27.0 Å². The normalized spacial score (nSPS) is 23.5. The summed E-state index contributed by atoms with van der Waals surface area (Å²) in [4.78, 5) is 26.8. The number of H-pyrrole nitrogens is 1. The fourth-order valence-corrected chi connectivity index (χ4v) is 3.83. The number of likely N-dealkylation sites (tertiary alicyclic amines) is 1. The van der Waals surface area contributed by atoms with E-state index in [-0.39, 0.29) is 11.3 Å². The molecule has 26 heavy (non-hydrogen) atoms. The number of benzene rings is 1. The van der Waals surface area contributed by atoms with Crippen molar-refractivity contribution in [1.82, 2.24) is 25.0 Å². The third kappa shape index (κ3) is 2.58. The number of hydrogen-bond acceptors (Lipinski definition) is 5. The summed E-state index contributed by atoms with van der Waals surface area (Å²) in [5.41, 5.74) is 2.13. The van der Waals surface area contributed by atoms with Gasteiger partial charge in [-0.1, -0.05) is 5.16 Å². The maximum absolute atomic E-state index is 13.0. The number of piperidine rings is 1. The van der Waals surface area contributed by atoms with Crippen LogP contribution in [-0.4, -0.2) is 44.0 Å². The minimum Gasteiger partial charge on any atom is -0.345 e. The number of hydrogen-bond donors (Lipinski definition) is 1. The molecule has 1 unspecified atom stereocenters. The summed E-state index contributed by atoms with van der Waals surface area (Å²) < 4.78 is 5.58. The molecule has 1 atom stereocenters. The molecule has 0 spiro atoms. The van der Waals surface area contributed by atoms with Gasteiger partial charge in [0.1, 0.15) is 0 Å². The molecule has 2 fully saturated rings. The molecule has 1 aliphatic carbocycles. The lowest BCUT2D eigenvalue weighted by Crippen LogP contribution is -2.47. The van der Waals surface area contributed by atoms with Crippen LogP contribution in [0.2, 0.25) is 0 Å². The number of imidazole rings is 1. The third-order valence-electron chi connectivity index (χ3n) is 5.55. The van der Waals surface area contributed by atoms with E-state index in [1.165, 1.54) is 0 Å². The summed E-state index contributed by atoms with van der Waals surface area (Å²) in [7, 11) is 0. The lowest BCUT2D eigenvalue weighted by atomic mass is 9.81. The Balaban J connectivity index is 1.39. The van der Waals surface area contributed by atoms with E-state index >= 15 is 0 Å². The predicted molar refractivity (Wildman–Crippen MR) is 94.9 cm³/mol. The molecule has 1 aromatic carbocycles. The van der Waals surface area contributed by atoms with Crippen LogP contribution in [0.1, 0.15) is 60.6 Å². The molecular formula is C19H21N5O2. The highest BCUT2D eigenvalue weighted by Crippen LogP contribution is 2.40. The molecule has 3 heterocycles. The van der Waals surface area contributed by atoms with E-state index in [4.69, 9.17) is 4.52 Å². The van der Waals surface area contributed by atoms with E-state index in [1.54, 1.807) is 6.33 Å².